The standard InChI is InChI=1S/C19H21ClN2O4/c1-13(23)22(15-9-7-14(20)8-10-15)12-11-21-19(24)18-16(25-2)5-4-6-17(18)26-3/h4-10H,11-12H2,1-3H3,(H,21,24). The van der Waals surface area contributed by atoms with Crippen molar-refractivity contribution in [3.8, 4) is 11.5 Å². The van der Waals surface area contributed by atoms with E-state index in [4.69, 9.17) is 21.1 Å². The number of ether oxygens (including phenoxy) is 2. The van der Waals surface area contributed by atoms with Crippen LogP contribution in [-0.2, 0) is 4.79 Å². The molecule has 6 nitrogen and oxygen atoms in total. The van der Waals surface area contributed by atoms with Crippen molar-refractivity contribution in [2.24, 2.45) is 0 Å². The van der Waals surface area contributed by atoms with Crippen molar-refractivity contribution in [2.75, 3.05) is 32.2 Å². The average Bonchev–Trinajstić information content (AvgIpc) is 2.65. The molecule has 0 fully saturated rings. The van der Waals surface area contributed by atoms with Crippen molar-refractivity contribution in [1.82, 2.24) is 5.32 Å². The molecule has 0 aliphatic rings. The molecule has 7 heteroatoms. The molecule has 2 rings (SSSR count). The van der Waals surface area contributed by atoms with Gasteiger partial charge in [0, 0.05) is 30.7 Å². The summed E-state index contributed by atoms with van der Waals surface area (Å²) >= 11 is 5.88. The zero-order valence-corrected chi connectivity index (χ0v) is 15.7. The molecular weight excluding hydrogens is 356 g/mol. The summed E-state index contributed by atoms with van der Waals surface area (Å²) in [6.45, 7) is 2.06. The summed E-state index contributed by atoms with van der Waals surface area (Å²) in [5, 5.41) is 3.39. The van der Waals surface area contributed by atoms with Crippen molar-refractivity contribution in [2.45, 2.75) is 6.92 Å². The molecule has 0 heterocycles. The second-order valence-corrected chi connectivity index (χ2v) is 5.88. The summed E-state index contributed by atoms with van der Waals surface area (Å²) < 4.78 is 10.5. The van der Waals surface area contributed by atoms with E-state index in [9.17, 15) is 9.59 Å². The van der Waals surface area contributed by atoms with Gasteiger partial charge >= 0.3 is 0 Å². The maximum atomic E-state index is 12.5. The van der Waals surface area contributed by atoms with E-state index in [0.717, 1.165) is 0 Å². The Kier molecular flexibility index (Phi) is 6.86. The molecule has 0 saturated carbocycles. The SMILES string of the molecule is COc1cccc(OC)c1C(=O)NCCN(C(C)=O)c1ccc(Cl)cc1. The quantitative estimate of drug-likeness (QED) is 0.806. The Labute approximate surface area is 157 Å². The molecule has 138 valence electrons. The molecule has 0 aliphatic carbocycles. The first-order chi connectivity index (χ1) is 12.5. The first kappa shape index (κ1) is 19.6. The predicted molar refractivity (Wildman–Crippen MR) is 101 cm³/mol. The minimum atomic E-state index is -0.334. The second kappa shape index (κ2) is 9.10. The molecule has 2 aromatic carbocycles. The number of anilines is 1. The lowest BCUT2D eigenvalue weighted by molar-refractivity contribution is -0.116. The maximum absolute atomic E-state index is 12.5. The van der Waals surface area contributed by atoms with Gasteiger partial charge in [-0.1, -0.05) is 17.7 Å². The number of nitrogens with zero attached hydrogens (tertiary/aromatic N) is 1. The van der Waals surface area contributed by atoms with Crippen molar-refractivity contribution in [1.29, 1.82) is 0 Å². The number of hydrogen-bond acceptors (Lipinski definition) is 4. The number of halogens is 1. The van der Waals surface area contributed by atoms with Crippen molar-refractivity contribution >= 4 is 29.1 Å². The number of rotatable bonds is 7. The van der Waals surface area contributed by atoms with Gasteiger partial charge in [0.05, 0.1) is 14.2 Å². The largest absolute Gasteiger partial charge is 0.496 e. The van der Waals surface area contributed by atoms with E-state index < -0.39 is 0 Å². The van der Waals surface area contributed by atoms with Gasteiger partial charge in [0.1, 0.15) is 17.1 Å². The lowest BCUT2D eigenvalue weighted by Crippen LogP contribution is -2.37. The summed E-state index contributed by atoms with van der Waals surface area (Å²) in [6.07, 6.45) is 0. The molecule has 0 aromatic heterocycles. The Hall–Kier alpha value is -2.73. The number of carbonyl (C=O) groups is 2. The van der Waals surface area contributed by atoms with E-state index in [1.54, 1.807) is 47.4 Å². The first-order valence-electron chi connectivity index (χ1n) is 8.00. The highest BCUT2D eigenvalue weighted by molar-refractivity contribution is 6.30. The fraction of sp³-hybridized carbons (Fsp3) is 0.263. The fourth-order valence-corrected chi connectivity index (χ4v) is 2.66. The van der Waals surface area contributed by atoms with E-state index in [1.807, 2.05) is 0 Å². The van der Waals surface area contributed by atoms with Crippen LogP contribution >= 0.6 is 11.6 Å². The van der Waals surface area contributed by atoms with Crippen LogP contribution in [0.15, 0.2) is 42.5 Å². The highest BCUT2D eigenvalue weighted by Crippen LogP contribution is 2.27. The lowest BCUT2D eigenvalue weighted by Gasteiger charge is -2.21. The summed E-state index contributed by atoms with van der Waals surface area (Å²) in [4.78, 5) is 26.0. The van der Waals surface area contributed by atoms with E-state index in [0.29, 0.717) is 34.3 Å². The molecular formula is C19H21ClN2O4. The highest BCUT2D eigenvalue weighted by Gasteiger charge is 2.18. The highest BCUT2D eigenvalue weighted by atomic mass is 35.5. The van der Waals surface area contributed by atoms with Gasteiger partial charge in [-0.3, -0.25) is 9.59 Å². The normalized spacial score (nSPS) is 10.2. The monoisotopic (exact) mass is 376 g/mol. The Morgan fingerprint density at radius 1 is 1.04 bits per heavy atom. The minimum absolute atomic E-state index is 0.128. The van der Waals surface area contributed by atoms with Crippen LogP contribution in [0, 0.1) is 0 Å². The van der Waals surface area contributed by atoms with Gasteiger partial charge in [0.2, 0.25) is 5.91 Å². The molecule has 0 aliphatic heterocycles. The van der Waals surface area contributed by atoms with Crippen molar-refractivity contribution in [3.63, 3.8) is 0 Å². The van der Waals surface area contributed by atoms with Crippen LogP contribution in [0.4, 0.5) is 5.69 Å². The molecule has 0 unspecified atom stereocenters. The summed E-state index contributed by atoms with van der Waals surface area (Å²) in [7, 11) is 2.98. The van der Waals surface area contributed by atoms with Gasteiger partial charge in [-0.15, -0.1) is 0 Å². The van der Waals surface area contributed by atoms with Crippen LogP contribution in [0.2, 0.25) is 5.02 Å². The summed E-state index contributed by atoms with van der Waals surface area (Å²) in [6, 6.07) is 12.1. The van der Waals surface area contributed by atoms with E-state index in [1.165, 1.54) is 21.1 Å². The third-order valence-electron chi connectivity index (χ3n) is 3.79. The number of methoxy groups -OCH3 is 2. The molecule has 1 N–H and O–H groups in total. The number of nitrogens with one attached hydrogen (secondary N) is 1. The maximum Gasteiger partial charge on any atom is 0.258 e. The molecule has 0 radical (unpaired) electrons. The third kappa shape index (κ3) is 4.67. The molecule has 0 bridgehead atoms. The Morgan fingerprint density at radius 2 is 1.62 bits per heavy atom. The molecule has 2 amide bonds. The van der Waals surface area contributed by atoms with Gasteiger partial charge in [-0.05, 0) is 36.4 Å². The van der Waals surface area contributed by atoms with Gasteiger partial charge in [0.25, 0.3) is 5.91 Å². The van der Waals surface area contributed by atoms with Crippen LogP contribution in [0.5, 0.6) is 11.5 Å². The summed E-state index contributed by atoms with van der Waals surface area (Å²) in [5.41, 5.74) is 1.03. The number of benzene rings is 2. The van der Waals surface area contributed by atoms with Gasteiger partial charge < -0.3 is 19.7 Å². The Morgan fingerprint density at radius 3 is 2.12 bits per heavy atom. The van der Waals surface area contributed by atoms with E-state index in [2.05, 4.69) is 5.32 Å². The fourth-order valence-electron chi connectivity index (χ4n) is 2.53. The zero-order chi connectivity index (χ0) is 19.1. The molecule has 0 atom stereocenters. The third-order valence-corrected chi connectivity index (χ3v) is 4.05. The van der Waals surface area contributed by atoms with Crippen LogP contribution in [0.3, 0.4) is 0 Å². The minimum Gasteiger partial charge on any atom is -0.496 e. The zero-order valence-electron chi connectivity index (χ0n) is 14.9. The second-order valence-electron chi connectivity index (χ2n) is 5.44. The lowest BCUT2D eigenvalue weighted by atomic mass is 10.1. The molecule has 2 aromatic rings. The van der Waals surface area contributed by atoms with Gasteiger partial charge in [-0.25, -0.2) is 0 Å². The first-order valence-corrected chi connectivity index (χ1v) is 8.38. The van der Waals surface area contributed by atoms with Crippen LogP contribution in [0.25, 0.3) is 0 Å². The van der Waals surface area contributed by atoms with Crippen LogP contribution < -0.4 is 19.7 Å². The Bertz CT molecular complexity index is 755. The van der Waals surface area contributed by atoms with Crippen molar-refractivity contribution in [3.05, 3.63) is 53.1 Å². The topological polar surface area (TPSA) is 67.9 Å². The molecule has 0 spiro atoms. The number of carbonyl (C=O) groups excluding carboxylic acids is 2. The number of amides is 2. The predicted octanol–water partition coefficient (Wildman–Crippen LogP) is 3.14. The average molecular weight is 377 g/mol. The smallest absolute Gasteiger partial charge is 0.258 e. The summed E-state index contributed by atoms with van der Waals surface area (Å²) in [5.74, 6) is 0.376. The van der Waals surface area contributed by atoms with Gasteiger partial charge in [-0.2, -0.15) is 0 Å². The van der Waals surface area contributed by atoms with Gasteiger partial charge in [0.15, 0.2) is 0 Å². The van der Waals surface area contributed by atoms with Crippen LogP contribution in [0.1, 0.15) is 17.3 Å². The molecule has 26 heavy (non-hydrogen) atoms. The Balaban J connectivity index is 2.07. The van der Waals surface area contributed by atoms with Crippen molar-refractivity contribution < 1.29 is 19.1 Å². The molecule has 0 saturated heterocycles. The van der Waals surface area contributed by atoms with E-state index >= 15 is 0 Å². The number of hydrogen-bond donors (Lipinski definition) is 1. The van der Waals surface area contributed by atoms with E-state index in [-0.39, 0.29) is 18.4 Å². The van der Waals surface area contributed by atoms with Crippen LogP contribution in [-0.4, -0.2) is 39.1 Å².